The molecule has 2 N–H and O–H groups in total. The zero-order chi connectivity index (χ0) is 17.2. The van der Waals surface area contributed by atoms with Gasteiger partial charge in [-0.05, 0) is 31.9 Å². The van der Waals surface area contributed by atoms with E-state index in [0.29, 0.717) is 0 Å². The minimum Gasteiger partial charge on any atom is -0.389 e. The van der Waals surface area contributed by atoms with Crippen molar-refractivity contribution in [2.45, 2.75) is 38.5 Å². The molecule has 0 saturated carbocycles. The van der Waals surface area contributed by atoms with Gasteiger partial charge in [-0.25, -0.2) is 0 Å². The Balaban J connectivity index is 2.27. The van der Waals surface area contributed by atoms with Gasteiger partial charge in [-0.2, -0.15) is 0 Å². The number of amides is 2. The first-order valence-corrected chi connectivity index (χ1v) is 7.63. The Morgan fingerprint density at radius 2 is 2.09 bits per heavy atom. The van der Waals surface area contributed by atoms with Crippen LogP contribution in [0, 0.1) is 6.92 Å². The standard InChI is InChI=1S/C17H24N2O4/c1-11-7-5-6-8-12(11)14-15(23-9-13(20)19(14)4)16(21)18-10-17(2,3)22/h5-8,14-15,22H,9-10H2,1-4H3,(H,18,21)/t14-,15+/m1/s1. The van der Waals surface area contributed by atoms with E-state index in [1.807, 2.05) is 31.2 Å². The van der Waals surface area contributed by atoms with Gasteiger partial charge in [0.05, 0.1) is 11.6 Å². The lowest BCUT2D eigenvalue weighted by Gasteiger charge is -2.39. The Hall–Kier alpha value is -1.92. The molecule has 0 radical (unpaired) electrons. The Morgan fingerprint density at radius 3 is 2.70 bits per heavy atom. The summed E-state index contributed by atoms with van der Waals surface area (Å²) in [5.41, 5.74) is 0.860. The minimum atomic E-state index is -1.01. The highest BCUT2D eigenvalue weighted by molar-refractivity contribution is 5.86. The third kappa shape index (κ3) is 4.09. The summed E-state index contributed by atoms with van der Waals surface area (Å²) in [5, 5.41) is 12.5. The molecule has 1 fully saturated rings. The molecule has 6 nitrogen and oxygen atoms in total. The van der Waals surface area contributed by atoms with Crippen LogP contribution in [-0.2, 0) is 14.3 Å². The topological polar surface area (TPSA) is 78.9 Å². The first-order chi connectivity index (χ1) is 10.7. The van der Waals surface area contributed by atoms with Crippen LogP contribution < -0.4 is 5.32 Å². The summed E-state index contributed by atoms with van der Waals surface area (Å²) in [7, 11) is 1.68. The molecule has 2 amide bonds. The molecule has 2 rings (SSSR count). The zero-order valence-corrected chi connectivity index (χ0v) is 14.0. The van der Waals surface area contributed by atoms with E-state index >= 15 is 0 Å². The first-order valence-electron chi connectivity index (χ1n) is 7.63. The Kier molecular flexibility index (Phi) is 5.06. The van der Waals surface area contributed by atoms with Gasteiger partial charge in [-0.1, -0.05) is 24.3 Å². The fourth-order valence-electron chi connectivity index (χ4n) is 2.63. The largest absolute Gasteiger partial charge is 0.389 e. The number of carbonyl (C=O) groups is 2. The van der Waals surface area contributed by atoms with Crippen molar-refractivity contribution in [2.24, 2.45) is 0 Å². The van der Waals surface area contributed by atoms with Gasteiger partial charge in [-0.15, -0.1) is 0 Å². The van der Waals surface area contributed by atoms with Crippen molar-refractivity contribution in [2.75, 3.05) is 20.2 Å². The number of morpholine rings is 1. The highest BCUT2D eigenvalue weighted by atomic mass is 16.5. The minimum absolute atomic E-state index is 0.115. The van der Waals surface area contributed by atoms with Crippen LogP contribution in [0.3, 0.4) is 0 Å². The van der Waals surface area contributed by atoms with Crippen LogP contribution >= 0.6 is 0 Å². The molecular weight excluding hydrogens is 296 g/mol. The molecule has 1 saturated heterocycles. The molecule has 1 aliphatic heterocycles. The van der Waals surface area contributed by atoms with E-state index in [-0.39, 0.29) is 25.0 Å². The number of aliphatic hydroxyl groups is 1. The van der Waals surface area contributed by atoms with E-state index in [4.69, 9.17) is 4.74 Å². The van der Waals surface area contributed by atoms with Gasteiger partial charge >= 0.3 is 0 Å². The summed E-state index contributed by atoms with van der Waals surface area (Å²) >= 11 is 0. The van der Waals surface area contributed by atoms with Crippen LogP contribution in [0.25, 0.3) is 0 Å². The van der Waals surface area contributed by atoms with Gasteiger partial charge in [-0.3, -0.25) is 9.59 Å². The smallest absolute Gasteiger partial charge is 0.251 e. The Labute approximate surface area is 136 Å². The molecule has 0 bridgehead atoms. The maximum absolute atomic E-state index is 12.5. The monoisotopic (exact) mass is 320 g/mol. The van der Waals surface area contributed by atoms with Crippen LogP contribution in [0.2, 0.25) is 0 Å². The first kappa shape index (κ1) is 17.4. The summed E-state index contributed by atoms with van der Waals surface area (Å²) in [6.45, 7) is 5.16. The van der Waals surface area contributed by atoms with Crippen LogP contribution in [-0.4, -0.2) is 53.7 Å². The van der Waals surface area contributed by atoms with Crippen molar-refractivity contribution in [3.05, 3.63) is 35.4 Å². The number of nitrogens with one attached hydrogen (secondary N) is 1. The molecule has 1 aromatic rings. The Morgan fingerprint density at radius 1 is 1.43 bits per heavy atom. The number of rotatable bonds is 4. The van der Waals surface area contributed by atoms with E-state index in [1.54, 1.807) is 25.8 Å². The van der Waals surface area contributed by atoms with Crippen molar-refractivity contribution in [3.8, 4) is 0 Å². The van der Waals surface area contributed by atoms with Crippen molar-refractivity contribution in [1.82, 2.24) is 10.2 Å². The number of hydrogen-bond donors (Lipinski definition) is 2. The van der Waals surface area contributed by atoms with Crippen LogP contribution in [0.1, 0.15) is 31.0 Å². The van der Waals surface area contributed by atoms with E-state index in [9.17, 15) is 14.7 Å². The normalized spacial score (nSPS) is 22.1. The second kappa shape index (κ2) is 6.68. The van der Waals surface area contributed by atoms with E-state index in [2.05, 4.69) is 5.32 Å². The molecule has 0 aromatic heterocycles. The number of hydrogen-bond acceptors (Lipinski definition) is 4. The van der Waals surface area contributed by atoms with Crippen LogP contribution in [0.4, 0.5) is 0 Å². The predicted octanol–water partition coefficient (Wildman–Crippen LogP) is 0.780. The van der Waals surface area contributed by atoms with Gasteiger partial charge in [0, 0.05) is 13.6 Å². The average Bonchev–Trinajstić information content (AvgIpc) is 2.48. The maximum atomic E-state index is 12.5. The molecule has 2 atom stereocenters. The van der Waals surface area contributed by atoms with Gasteiger partial charge in [0.1, 0.15) is 6.61 Å². The van der Waals surface area contributed by atoms with E-state index in [0.717, 1.165) is 11.1 Å². The summed E-state index contributed by atoms with van der Waals surface area (Å²) in [4.78, 5) is 26.1. The summed E-state index contributed by atoms with van der Waals surface area (Å²) < 4.78 is 5.52. The molecule has 0 aliphatic carbocycles. The average molecular weight is 320 g/mol. The lowest BCUT2D eigenvalue weighted by Crippen LogP contribution is -2.54. The number of likely N-dealkylation sites (N-methyl/N-ethyl adjacent to an activating group) is 1. The highest BCUT2D eigenvalue weighted by Crippen LogP contribution is 2.31. The second-order valence-electron chi connectivity index (χ2n) is 6.57. The molecule has 0 spiro atoms. The van der Waals surface area contributed by atoms with Crippen molar-refractivity contribution in [3.63, 3.8) is 0 Å². The van der Waals surface area contributed by atoms with Crippen LogP contribution in [0.15, 0.2) is 24.3 Å². The molecule has 6 heteroatoms. The van der Waals surface area contributed by atoms with E-state index in [1.165, 1.54) is 0 Å². The summed E-state index contributed by atoms with van der Waals surface area (Å²) in [6.07, 6.45) is -0.804. The fraction of sp³-hybridized carbons (Fsp3) is 0.529. The van der Waals surface area contributed by atoms with Crippen LogP contribution in [0.5, 0.6) is 0 Å². The molecule has 0 unspecified atom stereocenters. The second-order valence-corrected chi connectivity index (χ2v) is 6.57. The van der Waals surface area contributed by atoms with Gasteiger partial charge < -0.3 is 20.1 Å². The summed E-state index contributed by atoms with van der Waals surface area (Å²) in [5.74, 6) is -0.496. The number of benzene rings is 1. The molecular formula is C17H24N2O4. The number of aryl methyl sites for hydroxylation is 1. The number of nitrogens with zero attached hydrogens (tertiary/aromatic N) is 1. The Bertz CT molecular complexity index is 595. The number of carbonyl (C=O) groups excluding carboxylic acids is 2. The fourth-order valence-corrected chi connectivity index (χ4v) is 2.63. The molecule has 23 heavy (non-hydrogen) atoms. The molecule has 126 valence electrons. The van der Waals surface area contributed by atoms with Gasteiger partial charge in [0.15, 0.2) is 6.10 Å². The lowest BCUT2D eigenvalue weighted by atomic mass is 9.94. The van der Waals surface area contributed by atoms with Crippen molar-refractivity contribution >= 4 is 11.8 Å². The van der Waals surface area contributed by atoms with Crippen molar-refractivity contribution in [1.29, 1.82) is 0 Å². The summed E-state index contributed by atoms with van der Waals surface area (Å²) in [6, 6.07) is 7.14. The SMILES string of the molecule is Cc1ccccc1[C@@H]1[C@@H](C(=O)NCC(C)(C)O)OCC(=O)N1C. The quantitative estimate of drug-likeness (QED) is 0.859. The predicted molar refractivity (Wildman–Crippen MR) is 85.7 cm³/mol. The number of ether oxygens (including phenoxy) is 1. The van der Waals surface area contributed by atoms with Gasteiger partial charge in [0.2, 0.25) is 5.91 Å². The third-order valence-corrected chi connectivity index (χ3v) is 3.94. The highest BCUT2D eigenvalue weighted by Gasteiger charge is 2.40. The third-order valence-electron chi connectivity index (χ3n) is 3.94. The molecule has 1 aliphatic rings. The van der Waals surface area contributed by atoms with Crippen molar-refractivity contribution < 1.29 is 19.4 Å². The maximum Gasteiger partial charge on any atom is 0.251 e. The van der Waals surface area contributed by atoms with E-state index < -0.39 is 17.7 Å². The lowest BCUT2D eigenvalue weighted by molar-refractivity contribution is -0.162. The van der Waals surface area contributed by atoms with Gasteiger partial charge in [0.25, 0.3) is 5.91 Å². The molecule has 1 aromatic carbocycles. The molecule has 1 heterocycles. The zero-order valence-electron chi connectivity index (χ0n) is 14.0.